The van der Waals surface area contributed by atoms with Crippen molar-refractivity contribution in [3.8, 4) is 28.8 Å². The Labute approximate surface area is 121 Å². The lowest BCUT2D eigenvalue weighted by Gasteiger charge is -2.10. The highest BCUT2D eigenvalue weighted by atomic mass is 16.5. The summed E-state index contributed by atoms with van der Waals surface area (Å²) in [5.41, 5.74) is 2.32. The second kappa shape index (κ2) is 5.43. The molecule has 0 bridgehead atoms. The average Bonchev–Trinajstić information content (AvgIpc) is 2.99. The van der Waals surface area contributed by atoms with Gasteiger partial charge in [-0.25, -0.2) is 4.68 Å². The molecule has 0 unspecified atom stereocenters. The van der Waals surface area contributed by atoms with Gasteiger partial charge in [0.1, 0.15) is 23.2 Å². The minimum absolute atomic E-state index is 0.244. The van der Waals surface area contributed by atoms with E-state index < -0.39 is 0 Å². The molecule has 0 saturated carbocycles. The van der Waals surface area contributed by atoms with Crippen molar-refractivity contribution in [3.05, 3.63) is 54.5 Å². The SMILES string of the molecule is COc1ccccc1-n1nnc(C#N)c1-c1cccnc1. The maximum Gasteiger partial charge on any atom is 0.191 e. The van der Waals surface area contributed by atoms with Crippen LogP contribution in [0.5, 0.6) is 5.75 Å². The standard InChI is InChI=1S/C15H11N5O/c1-21-14-7-3-2-6-13(14)20-15(12(9-16)18-19-20)11-5-4-8-17-10-11/h2-8,10H,1H3. The van der Waals surface area contributed by atoms with Crippen molar-refractivity contribution in [2.75, 3.05) is 7.11 Å². The summed E-state index contributed by atoms with van der Waals surface area (Å²) in [5, 5.41) is 17.3. The molecule has 6 heteroatoms. The van der Waals surface area contributed by atoms with Crippen molar-refractivity contribution in [2.24, 2.45) is 0 Å². The Morgan fingerprint density at radius 3 is 2.76 bits per heavy atom. The maximum absolute atomic E-state index is 9.25. The number of nitrogens with zero attached hydrogens (tertiary/aromatic N) is 5. The van der Waals surface area contributed by atoms with Gasteiger partial charge in [-0.1, -0.05) is 17.3 Å². The average molecular weight is 277 g/mol. The molecule has 0 fully saturated rings. The van der Waals surface area contributed by atoms with Gasteiger partial charge in [0.05, 0.1) is 7.11 Å². The molecular formula is C15H11N5O. The summed E-state index contributed by atoms with van der Waals surface area (Å²) < 4.78 is 6.94. The fraction of sp³-hybridized carbons (Fsp3) is 0.0667. The summed E-state index contributed by atoms with van der Waals surface area (Å²) in [6, 6.07) is 13.1. The molecule has 0 N–H and O–H groups in total. The predicted molar refractivity (Wildman–Crippen MR) is 75.9 cm³/mol. The Bertz CT molecular complexity index is 804. The molecule has 0 aliphatic heterocycles. The first kappa shape index (κ1) is 12.8. The van der Waals surface area contributed by atoms with E-state index in [-0.39, 0.29) is 5.69 Å². The highest BCUT2D eigenvalue weighted by Gasteiger charge is 2.18. The number of ether oxygens (including phenoxy) is 1. The van der Waals surface area contributed by atoms with Crippen LogP contribution in [0.1, 0.15) is 5.69 Å². The van der Waals surface area contributed by atoms with Crippen molar-refractivity contribution in [3.63, 3.8) is 0 Å². The Morgan fingerprint density at radius 1 is 1.19 bits per heavy atom. The molecule has 102 valence electrons. The highest BCUT2D eigenvalue weighted by Crippen LogP contribution is 2.28. The predicted octanol–water partition coefficient (Wildman–Crippen LogP) is 2.21. The first-order valence-corrected chi connectivity index (χ1v) is 6.24. The Kier molecular flexibility index (Phi) is 3.31. The molecule has 0 aliphatic rings. The molecule has 21 heavy (non-hydrogen) atoms. The Balaban J connectivity index is 2.26. The van der Waals surface area contributed by atoms with Crippen molar-refractivity contribution >= 4 is 0 Å². The summed E-state index contributed by atoms with van der Waals surface area (Å²) in [6.45, 7) is 0. The van der Waals surface area contributed by atoms with Gasteiger partial charge in [-0.15, -0.1) is 5.10 Å². The van der Waals surface area contributed by atoms with Crippen molar-refractivity contribution < 1.29 is 4.74 Å². The number of aromatic nitrogens is 4. The molecule has 3 aromatic rings. The number of rotatable bonds is 3. The van der Waals surface area contributed by atoms with Crippen LogP contribution in [0, 0.1) is 11.3 Å². The van der Waals surface area contributed by atoms with Gasteiger partial charge in [0, 0.05) is 18.0 Å². The van der Waals surface area contributed by atoms with Gasteiger partial charge in [0.2, 0.25) is 0 Å². The molecule has 0 amide bonds. The topological polar surface area (TPSA) is 76.6 Å². The third-order valence-corrected chi connectivity index (χ3v) is 3.02. The van der Waals surface area contributed by atoms with Crippen LogP contribution >= 0.6 is 0 Å². The summed E-state index contributed by atoms with van der Waals surface area (Å²) in [4.78, 5) is 4.08. The van der Waals surface area contributed by atoms with Crippen molar-refractivity contribution in [1.82, 2.24) is 20.0 Å². The second-order valence-corrected chi connectivity index (χ2v) is 4.22. The molecule has 2 aromatic heterocycles. The number of para-hydroxylation sites is 2. The van der Waals surface area contributed by atoms with Crippen LogP contribution in [0.25, 0.3) is 16.9 Å². The van der Waals surface area contributed by atoms with Crippen LogP contribution in [0.2, 0.25) is 0 Å². The second-order valence-electron chi connectivity index (χ2n) is 4.22. The third-order valence-electron chi connectivity index (χ3n) is 3.02. The van der Waals surface area contributed by atoms with Crippen LogP contribution in [0.15, 0.2) is 48.8 Å². The van der Waals surface area contributed by atoms with Crippen LogP contribution < -0.4 is 4.74 Å². The summed E-state index contributed by atoms with van der Waals surface area (Å²) in [5.74, 6) is 0.650. The molecule has 0 atom stereocenters. The van der Waals surface area contributed by atoms with E-state index in [1.54, 1.807) is 30.3 Å². The number of nitriles is 1. The Hall–Kier alpha value is -3.20. The van der Waals surface area contributed by atoms with Gasteiger partial charge in [0.15, 0.2) is 5.69 Å². The molecule has 0 aliphatic carbocycles. The van der Waals surface area contributed by atoms with E-state index in [2.05, 4.69) is 21.4 Å². The largest absolute Gasteiger partial charge is 0.494 e. The smallest absolute Gasteiger partial charge is 0.191 e. The minimum atomic E-state index is 0.244. The third kappa shape index (κ3) is 2.21. The monoisotopic (exact) mass is 277 g/mol. The van der Waals surface area contributed by atoms with Crippen LogP contribution in [-0.4, -0.2) is 27.1 Å². The lowest BCUT2D eigenvalue weighted by molar-refractivity contribution is 0.411. The molecule has 6 nitrogen and oxygen atoms in total. The van der Waals surface area contributed by atoms with E-state index in [1.165, 1.54) is 0 Å². The molecule has 0 radical (unpaired) electrons. The molecular weight excluding hydrogens is 266 g/mol. The zero-order valence-corrected chi connectivity index (χ0v) is 11.3. The zero-order chi connectivity index (χ0) is 14.7. The lowest BCUT2D eigenvalue weighted by atomic mass is 10.1. The van der Waals surface area contributed by atoms with Gasteiger partial charge >= 0.3 is 0 Å². The van der Waals surface area contributed by atoms with E-state index in [1.807, 2.05) is 30.3 Å². The zero-order valence-electron chi connectivity index (χ0n) is 11.3. The van der Waals surface area contributed by atoms with Gasteiger partial charge in [-0.2, -0.15) is 5.26 Å². The molecule has 3 rings (SSSR count). The van der Waals surface area contributed by atoms with Gasteiger partial charge in [-0.05, 0) is 24.3 Å². The normalized spacial score (nSPS) is 10.1. The fourth-order valence-electron chi connectivity index (χ4n) is 2.09. The molecule has 2 heterocycles. The van der Waals surface area contributed by atoms with E-state index in [0.29, 0.717) is 17.1 Å². The summed E-state index contributed by atoms with van der Waals surface area (Å²) in [7, 11) is 1.59. The maximum atomic E-state index is 9.25. The fourth-order valence-corrected chi connectivity index (χ4v) is 2.09. The number of methoxy groups -OCH3 is 1. The number of hydrogen-bond acceptors (Lipinski definition) is 5. The van der Waals surface area contributed by atoms with Gasteiger partial charge in [-0.3, -0.25) is 4.98 Å². The minimum Gasteiger partial charge on any atom is -0.494 e. The first-order valence-electron chi connectivity index (χ1n) is 6.24. The number of hydrogen-bond donors (Lipinski definition) is 0. The number of pyridine rings is 1. The summed E-state index contributed by atoms with van der Waals surface area (Å²) in [6.07, 6.45) is 3.35. The van der Waals surface area contributed by atoms with Gasteiger partial charge in [0.25, 0.3) is 0 Å². The van der Waals surface area contributed by atoms with Crippen molar-refractivity contribution in [2.45, 2.75) is 0 Å². The highest BCUT2D eigenvalue weighted by molar-refractivity contribution is 5.67. The quantitative estimate of drug-likeness (QED) is 0.733. The van der Waals surface area contributed by atoms with Crippen LogP contribution in [-0.2, 0) is 0 Å². The molecule has 0 spiro atoms. The lowest BCUT2D eigenvalue weighted by Crippen LogP contribution is -2.02. The van der Waals surface area contributed by atoms with E-state index in [4.69, 9.17) is 4.74 Å². The molecule has 0 saturated heterocycles. The van der Waals surface area contributed by atoms with E-state index >= 15 is 0 Å². The molecule has 1 aromatic carbocycles. The number of benzene rings is 1. The van der Waals surface area contributed by atoms with E-state index in [9.17, 15) is 5.26 Å². The Morgan fingerprint density at radius 2 is 2.05 bits per heavy atom. The van der Waals surface area contributed by atoms with Crippen molar-refractivity contribution in [1.29, 1.82) is 5.26 Å². The van der Waals surface area contributed by atoms with E-state index in [0.717, 1.165) is 5.56 Å². The van der Waals surface area contributed by atoms with Crippen LogP contribution in [0.3, 0.4) is 0 Å². The van der Waals surface area contributed by atoms with Gasteiger partial charge < -0.3 is 4.74 Å². The van der Waals surface area contributed by atoms with Crippen LogP contribution in [0.4, 0.5) is 0 Å². The summed E-state index contributed by atoms with van der Waals surface area (Å²) >= 11 is 0. The first-order chi connectivity index (χ1) is 10.3.